The number of nitrogens with zero attached hydrogens (tertiary/aromatic N) is 5. The van der Waals surface area contributed by atoms with Crippen molar-refractivity contribution in [3.8, 4) is 0 Å². The molecule has 1 aliphatic rings. The Morgan fingerprint density at radius 3 is 2.47 bits per heavy atom. The molecule has 0 bridgehead atoms. The highest BCUT2D eigenvalue weighted by Gasteiger charge is 2.44. The van der Waals surface area contributed by atoms with Gasteiger partial charge in [0.25, 0.3) is 0 Å². The zero-order valence-electron chi connectivity index (χ0n) is 20.4. The third kappa shape index (κ3) is 5.26. The van der Waals surface area contributed by atoms with Crippen LogP contribution in [0.4, 0.5) is 11.8 Å². The van der Waals surface area contributed by atoms with Crippen LogP contribution < -0.4 is 11.1 Å². The first-order valence-corrected chi connectivity index (χ1v) is 12.1. The molecular weight excluding hydrogens is 466 g/mol. The van der Waals surface area contributed by atoms with E-state index in [1.165, 1.54) is 10.9 Å². The average molecular weight is 500 g/mol. The number of imidazole rings is 1. The van der Waals surface area contributed by atoms with Gasteiger partial charge in [-0.15, -0.1) is 0 Å². The number of benzene rings is 1. The van der Waals surface area contributed by atoms with Crippen molar-refractivity contribution >= 4 is 28.8 Å². The van der Waals surface area contributed by atoms with Gasteiger partial charge in [0.05, 0.1) is 19.4 Å². The van der Waals surface area contributed by atoms with Crippen LogP contribution >= 0.6 is 0 Å². The number of likely N-dealkylation sites (N-methyl/N-ethyl adjacent to an activating group) is 1. The lowest BCUT2D eigenvalue weighted by atomic mass is 10.1. The number of aromatic nitrogens is 4. The van der Waals surface area contributed by atoms with E-state index in [-0.39, 0.29) is 17.7 Å². The number of carbonyl (C=O) groups excluding carboxylic acids is 1. The third-order valence-corrected chi connectivity index (χ3v) is 6.43. The number of nitrogens with one attached hydrogen (secondary N) is 1. The minimum absolute atomic E-state index is 0.121. The van der Waals surface area contributed by atoms with Crippen LogP contribution in [0.2, 0.25) is 0 Å². The van der Waals surface area contributed by atoms with Crippen LogP contribution in [0.25, 0.3) is 11.2 Å². The average Bonchev–Trinajstić information content (AvgIpc) is 3.42. The number of carbonyl (C=O) groups is 1. The molecular formula is C24H33N7O5. The second-order valence-electron chi connectivity index (χ2n) is 8.72. The van der Waals surface area contributed by atoms with Crippen LogP contribution in [0.15, 0.2) is 30.6 Å². The third-order valence-electron chi connectivity index (χ3n) is 6.43. The molecule has 4 rings (SSSR count). The van der Waals surface area contributed by atoms with Gasteiger partial charge in [0.1, 0.15) is 23.8 Å². The maximum atomic E-state index is 12.3. The van der Waals surface area contributed by atoms with E-state index in [0.29, 0.717) is 43.6 Å². The molecule has 0 spiro atoms. The molecule has 1 aromatic carbocycles. The van der Waals surface area contributed by atoms with Crippen molar-refractivity contribution in [1.82, 2.24) is 24.4 Å². The fraction of sp³-hybridized carbons (Fsp3) is 0.500. The summed E-state index contributed by atoms with van der Waals surface area (Å²) in [6, 6.07) is 7.94. The predicted octanol–water partition coefficient (Wildman–Crippen LogP) is 0.0855. The number of ether oxygens (including phenoxy) is 1. The van der Waals surface area contributed by atoms with Crippen LogP contribution in [0.3, 0.4) is 0 Å². The first-order chi connectivity index (χ1) is 17.4. The predicted molar refractivity (Wildman–Crippen MR) is 133 cm³/mol. The summed E-state index contributed by atoms with van der Waals surface area (Å²) in [5, 5.41) is 33.0. The quantitative estimate of drug-likeness (QED) is 0.257. The Bertz CT molecular complexity index is 1180. The number of hydrogen-bond donors (Lipinski definition) is 5. The van der Waals surface area contributed by atoms with Gasteiger partial charge in [-0.2, -0.15) is 9.97 Å². The molecule has 6 N–H and O–H groups in total. The van der Waals surface area contributed by atoms with Gasteiger partial charge in [-0.05, 0) is 31.4 Å². The van der Waals surface area contributed by atoms with Gasteiger partial charge in [0.2, 0.25) is 11.9 Å². The first-order valence-electron chi connectivity index (χ1n) is 12.1. The molecule has 3 heterocycles. The Morgan fingerprint density at radius 2 is 1.83 bits per heavy atom. The van der Waals surface area contributed by atoms with Crippen LogP contribution in [0.5, 0.6) is 0 Å². The molecule has 1 amide bonds. The zero-order valence-corrected chi connectivity index (χ0v) is 20.4. The van der Waals surface area contributed by atoms with Crippen LogP contribution in [-0.2, 0) is 22.4 Å². The fourth-order valence-electron chi connectivity index (χ4n) is 4.32. The number of nitrogens with two attached hydrogens (primary N) is 1. The molecule has 0 radical (unpaired) electrons. The van der Waals surface area contributed by atoms with Gasteiger partial charge in [-0.1, -0.05) is 24.3 Å². The lowest BCUT2D eigenvalue weighted by Crippen LogP contribution is -2.33. The summed E-state index contributed by atoms with van der Waals surface area (Å²) in [6.45, 7) is 5.46. The van der Waals surface area contributed by atoms with E-state index in [2.05, 4.69) is 20.3 Å². The molecule has 1 fully saturated rings. The molecule has 1 aliphatic heterocycles. The lowest BCUT2D eigenvalue weighted by molar-refractivity contribution is -0.130. The van der Waals surface area contributed by atoms with Gasteiger partial charge in [0, 0.05) is 19.6 Å². The molecule has 3 aromatic rings. The normalized spacial score (nSPS) is 21.7. The Labute approximate surface area is 208 Å². The summed E-state index contributed by atoms with van der Waals surface area (Å²) >= 11 is 0. The summed E-state index contributed by atoms with van der Waals surface area (Å²) in [6.07, 6.45) is -1.91. The number of rotatable bonds is 10. The van der Waals surface area contributed by atoms with Crippen LogP contribution in [-0.4, -0.2) is 90.2 Å². The number of aliphatic hydroxyl groups is 3. The number of nitrogen functional groups attached to an aromatic ring is 1. The van der Waals surface area contributed by atoms with E-state index in [0.717, 1.165) is 11.1 Å². The molecule has 2 aromatic heterocycles. The number of aliphatic hydroxyl groups excluding tert-OH is 3. The minimum Gasteiger partial charge on any atom is -0.394 e. The van der Waals surface area contributed by atoms with Crippen molar-refractivity contribution in [2.75, 3.05) is 37.3 Å². The minimum atomic E-state index is -1.27. The van der Waals surface area contributed by atoms with Gasteiger partial charge in [0.15, 0.2) is 17.7 Å². The summed E-state index contributed by atoms with van der Waals surface area (Å²) in [5.74, 6) is 0.570. The number of anilines is 2. The van der Waals surface area contributed by atoms with E-state index < -0.39 is 31.1 Å². The number of hydrogen-bond acceptors (Lipinski definition) is 10. The van der Waals surface area contributed by atoms with Crippen molar-refractivity contribution < 1.29 is 24.9 Å². The molecule has 12 heteroatoms. The molecule has 0 saturated carbocycles. The van der Waals surface area contributed by atoms with E-state index in [1.807, 2.05) is 43.0 Å². The number of amides is 1. The largest absolute Gasteiger partial charge is 0.394 e. The molecule has 12 nitrogen and oxygen atoms in total. The Morgan fingerprint density at radius 1 is 1.14 bits per heavy atom. The van der Waals surface area contributed by atoms with E-state index in [9.17, 15) is 20.1 Å². The molecule has 0 unspecified atom stereocenters. The topological polar surface area (TPSA) is 172 Å². The highest BCUT2D eigenvalue weighted by molar-refractivity contribution is 5.83. The van der Waals surface area contributed by atoms with Gasteiger partial charge >= 0.3 is 0 Å². The van der Waals surface area contributed by atoms with Crippen molar-refractivity contribution in [2.24, 2.45) is 0 Å². The second-order valence-corrected chi connectivity index (χ2v) is 8.72. The van der Waals surface area contributed by atoms with Gasteiger partial charge in [-0.25, -0.2) is 4.98 Å². The lowest BCUT2D eigenvalue weighted by Gasteiger charge is -2.18. The highest BCUT2D eigenvalue weighted by atomic mass is 16.6. The summed E-state index contributed by atoms with van der Waals surface area (Å²) in [4.78, 5) is 27.1. The van der Waals surface area contributed by atoms with Crippen molar-refractivity contribution in [1.29, 1.82) is 0 Å². The summed E-state index contributed by atoms with van der Waals surface area (Å²) < 4.78 is 7.07. The Kier molecular flexibility index (Phi) is 7.99. The molecule has 194 valence electrons. The van der Waals surface area contributed by atoms with Gasteiger partial charge in [-0.3, -0.25) is 9.36 Å². The van der Waals surface area contributed by atoms with Crippen LogP contribution in [0.1, 0.15) is 31.2 Å². The number of fused-ring (bicyclic) bond motifs is 1. The maximum Gasteiger partial charge on any atom is 0.226 e. The molecule has 1 saturated heterocycles. The Balaban J connectivity index is 1.40. The first kappa shape index (κ1) is 25.8. The molecule has 36 heavy (non-hydrogen) atoms. The summed E-state index contributed by atoms with van der Waals surface area (Å²) in [7, 11) is 0. The van der Waals surface area contributed by atoms with Crippen molar-refractivity contribution in [3.05, 3.63) is 41.7 Å². The van der Waals surface area contributed by atoms with E-state index >= 15 is 0 Å². The van der Waals surface area contributed by atoms with E-state index in [1.54, 1.807) is 0 Å². The fourth-order valence-corrected chi connectivity index (χ4v) is 4.32. The van der Waals surface area contributed by atoms with E-state index in [4.69, 9.17) is 10.5 Å². The second kappa shape index (κ2) is 11.2. The van der Waals surface area contributed by atoms with Crippen molar-refractivity contribution in [2.45, 2.75) is 51.2 Å². The SMILES string of the molecule is CCN(CC)C(=O)Cc1ccc(CCNc2nc(N)c3ncn([C@@H]4O[C@H](CO)[C@@H](O)[C@H]4O)c3n2)cc1. The monoisotopic (exact) mass is 499 g/mol. The Hall–Kier alpha value is -3.32. The molecule has 0 aliphatic carbocycles. The highest BCUT2D eigenvalue weighted by Crippen LogP contribution is 2.32. The zero-order chi connectivity index (χ0) is 25.8. The summed E-state index contributed by atoms with van der Waals surface area (Å²) in [5.41, 5.74) is 8.82. The van der Waals surface area contributed by atoms with Crippen molar-refractivity contribution in [3.63, 3.8) is 0 Å². The van der Waals surface area contributed by atoms with Gasteiger partial charge < -0.3 is 36.0 Å². The maximum absolute atomic E-state index is 12.3. The standard InChI is InChI=1S/C24H33N7O5/c1-3-30(4-2)17(33)11-15-7-5-14(6-8-15)9-10-26-24-28-21(25)18-22(29-24)31(13-27-18)23-20(35)19(34)16(12-32)36-23/h5-8,13,16,19-20,23,32,34-35H,3-4,9-12H2,1-2H3,(H3,25,26,28,29)/t16-,19-,20-,23-/m1/s1. The smallest absolute Gasteiger partial charge is 0.226 e. The molecule has 4 atom stereocenters. The van der Waals surface area contributed by atoms with Crippen LogP contribution in [0, 0.1) is 0 Å².